The molecule has 0 aromatic heterocycles. The Balaban J connectivity index is 2.89. The molecule has 0 radical (unpaired) electrons. The minimum atomic E-state index is -0.850. The first-order chi connectivity index (χ1) is 15.1. The van der Waals surface area contributed by atoms with Crippen molar-refractivity contribution < 1.29 is 28.5 Å². The van der Waals surface area contributed by atoms with Gasteiger partial charge in [-0.25, -0.2) is 0 Å². The van der Waals surface area contributed by atoms with Gasteiger partial charge in [-0.1, -0.05) is 26.8 Å². The summed E-state index contributed by atoms with van der Waals surface area (Å²) in [6, 6.07) is 0. The number of ether oxygens (including phenoxy) is 4. The molecule has 0 bridgehead atoms. The van der Waals surface area contributed by atoms with E-state index in [9.17, 15) is 9.59 Å². The molecule has 6 nitrogen and oxygen atoms in total. The SMILES string of the molecule is C=C(OC(C)C(=O)C(C)(C)C(C)(C)OC1CCCCC1OC(=O)C(C)CC)C(C)OC(C)C. The molecule has 1 saturated carbocycles. The lowest BCUT2D eigenvalue weighted by atomic mass is 9.72. The minimum Gasteiger partial charge on any atom is -0.485 e. The number of rotatable bonds is 13. The summed E-state index contributed by atoms with van der Waals surface area (Å²) in [6.45, 7) is 22.9. The lowest BCUT2D eigenvalue weighted by Crippen LogP contribution is -2.54. The van der Waals surface area contributed by atoms with Crippen LogP contribution in [0.15, 0.2) is 12.3 Å². The highest BCUT2D eigenvalue weighted by molar-refractivity contribution is 5.89. The fourth-order valence-corrected chi connectivity index (χ4v) is 3.96. The molecule has 1 rings (SSSR count). The third kappa shape index (κ3) is 8.10. The maximum absolute atomic E-state index is 13.4. The fraction of sp³-hybridized carbons (Fsp3) is 0.852. The molecule has 5 unspecified atom stereocenters. The molecule has 6 heteroatoms. The van der Waals surface area contributed by atoms with E-state index in [1.807, 2.05) is 62.3 Å². The maximum Gasteiger partial charge on any atom is 0.309 e. The molecule has 0 aliphatic heterocycles. The summed E-state index contributed by atoms with van der Waals surface area (Å²) >= 11 is 0. The number of carbonyl (C=O) groups excluding carboxylic acids is 2. The van der Waals surface area contributed by atoms with Crippen LogP contribution in [0.2, 0.25) is 0 Å². The van der Waals surface area contributed by atoms with Gasteiger partial charge in [-0.15, -0.1) is 0 Å². The van der Waals surface area contributed by atoms with E-state index in [4.69, 9.17) is 18.9 Å². The first-order valence-corrected chi connectivity index (χ1v) is 12.6. The molecule has 33 heavy (non-hydrogen) atoms. The quantitative estimate of drug-likeness (QED) is 0.243. The van der Waals surface area contributed by atoms with Crippen LogP contribution in [0, 0.1) is 11.3 Å². The van der Waals surface area contributed by atoms with Crippen LogP contribution in [-0.4, -0.2) is 47.9 Å². The van der Waals surface area contributed by atoms with Gasteiger partial charge in [0.15, 0.2) is 11.9 Å². The second-order valence-corrected chi connectivity index (χ2v) is 10.8. The van der Waals surface area contributed by atoms with E-state index >= 15 is 0 Å². The average molecular weight is 469 g/mol. The first kappa shape index (κ1) is 29.6. The number of Topliss-reactive ketones (excluding diaryl/α,β-unsaturated/α-hetero) is 1. The van der Waals surface area contributed by atoms with E-state index in [0.717, 1.165) is 32.1 Å². The van der Waals surface area contributed by atoms with E-state index in [2.05, 4.69) is 6.58 Å². The second-order valence-electron chi connectivity index (χ2n) is 10.8. The Morgan fingerprint density at radius 3 is 2.00 bits per heavy atom. The van der Waals surface area contributed by atoms with Gasteiger partial charge in [0.25, 0.3) is 0 Å². The van der Waals surface area contributed by atoms with Gasteiger partial charge in [0.2, 0.25) is 0 Å². The molecule has 0 heterocycles. The van der Waals surface area contributed by atoms with Crippen molar-refractivity contribution in [2.75, 3.05) is 0 Å². The van der Waals surface area contributed by atoms with E-state index in [1.54, 1.807) is 6.92 Å². The van der Waals surface area contributed by atoms with Gasteiger partial charge in [0, 0.05) is 0 Å². The monoisotopic (exact) mass is 468 g/mol. The molecule has 0 aromatic carbocycles. The Morgan fingerprint density at radius 2 is 1.48 bits per heavy atom. The number of ketones is 1. The van der Waals surface area contributed by atoms with Gasteiger partial charge < -0.3 is 18.9 Å². The van der Waals surface area contributed by atoms with Crippen LogP contribution in [0.1, 0.15) is 101 Å². The topological polar surface area (TPSA) is 71.1 Å². The maximum atomic E-state index is 13.4. The summed E-state index contributed by atoms with van der Waals surface area (Å²) in [6.07, 6.45) is 2.86. The van der Waals surface area contributed by atoms with E-state index in [1.165, 1.54) is 0 Å². The lowest BCUT2D eigenvalue weighted by molar-refractivity contribution is -0.199. The predicted octanol–water partition coefficient (Wildman–Crippen LogP) is 6.01. The van der Waals surface area contributed by atoms with Crippen LogP contribution in [0.25, 0.3) is 0 Å². The summed E-state index contributed by atoms with van der Waals surface area (Å²) in [5.74, 6) is 0.0499. The van der Waals surface area contributed by atoms with E-state index in [-0.39, 0.29) is 42.1 Å². The van der Waals surface area contributed by atoms with Gasteiger partial charge in [-0.3, -0.25) is 9.59 Å². The molecule has 192 valence electrons. The highest BCUT2D eigenvalue weighted by Crippen LogP contribution is 2.40. The minimum absolute atomic E-state index is 0.0352. The van der Waals surface area contributed by atoms with Crippen molar-refractivity contribution >= 4 is 11.8 Å². The number of carbonyl (C=O) groups is 2. The third-order valence-corrected chi connectivity index (χ3v) is 7.12. The zero-order valence-corrected chi connectivity index (χ0v) is 22.7. The van der Waals surface area contributed by atoms with E-state index < -0.39 is 17.1 Å². The van der Waals surface area contributed by atoms with Gasteiger partial charge in [-0.2, -0.15) is 0 Å². The molecule has 0 spiro atoms. The molecule has 1 aliphatic carbocycles. The van der Waals surface area contributed by atoms with Gasteiger partial charge in [0.1, 0.15) is 18.0 Å². The fourth-order valence-electron chi connectivity index (χ4n) is 3.96. The van der Waals surface area contributed by atoms with Crippen LogP contribution >= 0.6 is 0 Å². The molecule has 1 fully saturated rings. The highest BCUT2D eigenvalue weighted by atomic mass is 16.6. The van der Waals surface area contributed by atoms with Crippen LogP contribution < -0.4 is 0 Å². The number of hydrogen-bond donors (Lipinski definition) is 0. The summed E-state index contributed by atoms with van der Waals surface area (Å²) < 4.78 is 24.0. The highest BCUT2D eigenvalue weighted by Gasteiger charge is 2.49. The third-order valence-electron chi connectivity index (χ3n) is 7.12. The summed E-state index contributed by atoms with van der Waals surface area (Å²) in [7, 11) is 0. The summed E-state index contributed by atoms with van der Waals surface area (Å²) in [5, 5.41) is 0. The average Bonchev–Trinajstić information content (AvgIpc) is 2.72. The van der Waals surface area contributed by atoms with Crippen molar-refractivity contribution in [1.82, 2.24) is 0 Å². The van der Waals surface area contributed by atoms with Crippen molar-refractivity contribution in [2.24, 2.45) is 11.3 Å². The van der Waals surface area contributed by atoms with E-state index in [0.29, 0.717) is 5.76 Å². The Morgan fingerprint density at radius 1 is 0.939 bits per heavy atom. The molecule has 1 aliphatic rings. The molecule has 5 atom stereocenters. The molecule has 0 amide bonds. The molecular weight excluding hydrogens is 420 g/mol. The Labute approximate surface area is 201 Å². The summed E-state index contributed by atoms with van der Waals surface area (Å²) in [4.78, 5) is 25.9. The van der Waals surface area contributed by atoms with Gasteiger partial charge >= 0.3 is 5.97 Å². The Hall–Kier alpha value is -1.40. The zero-order chi connectivity index (χ0) is 25.6. The van der Waals surface area contributed by atoms with Crippen LogP contribution in [0.4, 0.5) is 0 Å². The van der Waals surface area contributed by atoms with Crippen molar-refractivity contribution in [3.8, 4) is 0 Å². The molecular formula is C27H48O6. The smallest absolute Gasteiger partial charge is 0.309 e. The lowest BCUT2D eigenvalue weighted by Gasteiger charge is -2.45. The predicted molar refractivity (Wildman–Crippen MR) is 131 cm³/mol. The largest absolute Gasteiger partial charge is 0.485 e. The van der Waals surface area contributed by atoms with Crippen LogP contribution in [0.3, 0.4) is 0 Å². The normalized spacial score (nSPS) is 22.4. The zero-order valence-electron chi connectivity index (χ0n) is 22.7. The molecule has 0 N–H and O–H groups in total. The number of hydrogen-bond acceptors (Lipinski definition) is 6. The second kappa shape index (κ2) is 12.3. The van der Waals surface area contributed by atoms with Gasteiger partial charge in [-0.05, 0) is 81.1 Å². The van der Waals surface area contributed by atoms with Crippen molar-refractivity contribution in [3.05, 3.63) is 12.3 Å². The first-order valence-electron chi connectivity index (χ1n) is 12.6. The van der Waals surface area contributed by atoms with Crippen molar-refractivity contribution in [2.45, 2.75) is 137 Å². The van der Waals surface area contributed by atoms with Gasteiger partial charge in [0.05, 0.1) is 29.1 Å². The molecule has 0 aromatic rings. The Bertz CT molecular complexity index is 666. The Kier molecular flexibility index (Phi) is 11.1. The number of esters is 1. The standard InChI is InChI=1S/C27H48O6/c1-12-18(4)25(29)32-22-15-13-14-16-23(22)33-27(10,11)26(8,9)24(28)21(7)31-20(6)19(5)30-17(2)3/h17-19,21-23H,6,12-16H2,1-5,7-11H3. The van der Waals surface area contributed by atoms with Crippen molar-refractivity contribution in [3.63, 3.8) is 0 Å². The van der Waals surface area contributed by atoms with Crippen molar-refractivity contribution in [1.29, 1.82) is 0 Å². The van der Waals surface area contributed by atoms with Crippen LogP contribution in [-0.2, 0) is 28.5 Å². The summed E-state index contributed by atoms with van der Waals surface area (Å²) in [5.41, 5.74) is -1.65. The van der Waals surface area contributed by atoms with Crippen LogP contribution in [0.5, 0.6) is 0 Å². The molecule has 0 saturated heterocycles.